The van der Waals surface area contributed by atoms with Gasteiger partial charge in [-0.25, -0.2) is 4.79 Å². The van der Waals surface area contributed by atoms with Crippen molar-refractivity contribution in [3.05, 3.63) is 56.5 Å². The maximum Gasteiger partial charge on any atom is 0.336 e. The number of aromatic hydroxyl groups is 1. The summed E-state index contributed by atoms with van der Waals surface area (Å²) in [6.45, 7) is 12.1. The van der Waals surface area contributed by atoms with Crippen LogP contribution in [0.25, 0.3) is 11.0 Å². The first-order valence-corrected chi connectivity index (χ1v) is 11.4. The monoisotopic (exact) mass is 438 g/mol. The first-order chi connectivity index (χ1) is 15.1. The predicted octanol–water partition coefficient (Wildman–Crippen LogP) is 6.29. The molecule has 1 aromatic heterocycles. The molecule has 0 fully saturated rings. The Bertz CT molecular complexity index is 1140. The lowest BCUT2D eigenvalue weighted by atomic mass is 9.90. The summed E-state index contributed by atoms with van der Waals surface area (Å²) in [5, 5.41) is 11.9. The van der Waals surface area contributed by atoms with Crippen LogP contribution in [0.3, 0.4) is 0 Å². The van der Waals surface area contributed by atoms with Gasteiger partial charge < -0.3 is 14.3 Å². The molecule has 0 aliphatic carbocycles. The number of phenolic OH excluding ortho intramolecular Hbond substituents is 1. The van der Waals surface area contributed by atoms with Gasteiger partial charge in [0, 0.05) is 24.5 Å². The third-order valence-corrected chi connectivity index (χ3v) is 5.74. The number of Topliss-reactive ketones (excluding diaryl/α,β-unsaturated/α-hetero) is 1. The molecule has 0 spiro atoms. The van der Waals surface area contributed by atoms with Gasteiger partial charge >= 0.3 is 5.63 Å². The highest BCUT2D eigenvalue weighted by atomic mass is 16.5. The second-order valence-corrected chi connectivity index (χ2v) is 9.55. The molecule has 5 heteroatoms. The van der Waals surface area contributed by atoms with Crippen LogP contribution in [-0.2, 0) is 12.8 Å². The Morgan fingerprint density at radius 1 is 1.25 bits per heavy atom. The zero-order chi connectivity index (χ0) is 23.6. The highest BCUT2D eigenvalue weighted by molar-refractivity contribution is 6.11. The lowest BCUT2D eigenvalue weighted by Gasteiger charge is -2.27. The van der Waals surface area contributed by atoms with E-state index in [1.807, 2.05) is 20.8 Å². The number of rotatable bonds is 8. The van der Waals surface area contributed by atoms with E-state index in [1.54, 1.807) is 0 Å². The van der Waals surface area contributed by atoms with E-state index in [0.717, 1.165) is 18.4 Å². The van der Waals surface area contributed by atoms with E-state index in [-0.39, 0.29) is 41.1 Å². The normalized spacial score (nSPS) is 15.7. The number of carbonyl (C=O) groups excluding carboxylic acids is 1. The second kappa shape index (κ2) is 9.76. The van der Waals surface area contributed by atoms with Gasteiger partial charge in [0.25, 0.3) is 0 Å². The minimum Gasteiger partial charge on any atom is -0.507 e. The molecule has 2 aromatic rings. The number of ether oxygens (including phenoxy) is 1. The summed E-state index contributed by atoms with van der Waals surface area (Å²) >= 11 is 0. The molecule has 1 N–H and O–H groups in total. The van der Waals surface area contributed by atoms with Gasteiger partial charge in [-0.1, -0.05) is 37.1 Å². The minimum atomic E-state index is -0.520. The molecule has 0 radical (unpaired) electrons. The fourth-order valence-electron chi connectivity index (χ4n) is 4.21. The fraction of sp³-hybridized carbons (Fsp3) is 0.481. The Kier molecular flexibility index (Phi) is 7.27. The molecular formula is C27H34O5. The number of hydrogen-bond donors (Lipinski definition) is 1. The molecule has 0 bridgehead atoms. The van der Waals surface area contributed by atoms with E-state index in [0.29, 0.717) is 29.5 Å². The van der Waals surface area contributed by atoms with Crippen molar-refractivity contribution in [1.29, 1.82) is 0 Å². The molecule has 1 aliphatic heterocycles. The van der Waals surface area contributed by atoms with Crippen molar-refractivity contribution < 1.29 is 19.1 Å². The van der Waals surface area contributed by atoms with Gasteiger partial charge in [0.15, 0.2) is 11.4 Å². The van der Waals surface area contributed by atoms with Gasteiger partial charge in [-0.2, -0.15) is 0 Å². The average Bonchev–Trinajstić information content (AvgIpc) is 2.66. The predicted molar refractivity (Wildman–Crippen MR) is 128 cm³/mol. The number of carbonyl (C=O) groups is 1. The van der Waals surface area contributed by atoms with Crippen LogP contribution < -0.4 is 10.4 Å². The van der Waals surface area contributed by atoms with E-state index in [2.05, 4.69) is 32.9 Å². The summed E-state index contributed by atoms with van der Waals surface area (Å²) in [6, 6.07) is 1.48. The molecule has 1 atom stereocenters. The van der Waals surface area contributed by atoms with Gasteiger partial charge in [0.1, 0.15) is 23.2 Å². The number of hydrogen-bond acceptors (Lipinski definition) is 5. The van der Waals surface area contributed by atoms with Crippen LogP contribution >= 0.6 is 0 Å². The van der Waals surface area contributed by atoms with E-state index in [1.165, 1.54) is 17.2 Å². The molecule has 172 valence electrons. The van der Waals surface area contributed by atoms with Crippen LogP contribution in [0.5, 0.6) is 11.5 Å². The van der Waals surface area contributed by atoms with Gasteiger partial charge in [-0.05, 0) is 58.4 Å². The first kappa shape index (κ1) is 23.8. The molecule has 32 heavy (non-hydrogen) atoms. The van der Waals surface area contributed by atoms with E-state index in [4.69, 9.17) is 9.15 Å². The molecule has 2 heterocycles. The second-order valence-electron chi connectivity index (χ2n) is 9.55. The molecule has 1 unspecified atom stereocenters. The lowest BCUT2D eigenvalue weighted by Crippen LogP contribution is -2.23. The van der Waals surface area contributed by atoms with Crippen LogP contribution in [0.15, 0.2) is 38.6 Å². The Morgan fingerprint density at radius 2 is 1.97 bits per heavy atom. The fourth-order valence-corrected chi connectivity index (χ4v) is 4.21. The van der Waals surface area contributed by atoms with Crippen molar-refractivity contribution in [3.8, 4) is 11.5 Å². The standard InChI is InChI=1S/C27H34O5/c1-15(2)8-7-9-17(5)10-11-20-25(30)24(21(28)12-16(3)4)27-23-19(14-22(29)32-27)13-18(6)31-26(20)23/h8,10,14,16,18,30H,7,9,11-13H2,1-6H3. The number of phenols is 1. The van der Waals surface area contributed by atoms with E-state index in [9.17, 15) is 14.7 Å². The Balaban J connectivity index is 2.17. The van der Waals surface area contributed by atoms with Crippen LogP contribution in [0.2, 0.25) is 0 Å². The van der Waals surface area contributed by atoms with Crippen LogP contribution in [-0.4, -0.2) is 17.0 Å². The average molecular weight is 439 g/mol. The maximum atomic E-state index is 13.1. The Hall–Kier alpha value is -2.82. The quantitative estimate of drug-likeness (QED) is 0.298. The zero-order valence-electron chi connectivity index (χ0n) is 20.0. The summed E-state index contributed by atoms with van der Waals surface area (Å²) in [7, 11) is 0. The van der Waals surface area contributed by atoms with Crippen molar-refractivity contribution in [2.24, 2.45) is 5.92 Å². The Morgan fingerprint density at radius 3 is 2.62 bits per heavy atom. The molecular weight excluding hydrogens is 404 g/mol. The van der Waals surface area contributed by atoms with E-state index < -0.39 is 5.63 Å². The summed E-state index contributed by atoms with van der Waals surface area (Å²) in [5.41, 5.74) is 3.59. The number of ketones is 1. The lowest BCUT2D eigenvalue weighted by molar-refractivity contribution is 0.0965. The van der Waals surface area contributed by atoms with Crippen molar-refractivity contribution in [2.75, 3.05) is 0 Å². The summed E-state index contributed by atoms with van der Waals surface area (Å²) in [5.74, 6) is 0.259. The largest absolute Gasteiger partial charge is 0.507 e. The highest BCUT2D eigenvalue weighted by Gasteiger charge is 2.31. The molecule has 0 saturated carbocycles. The van der Waals surface area contributed by atoms with Gasteiger partial charge in [0.05, 0.1) is 5.39 Å². The SMILES string of the molecule is CC(C)=CCCC(C)=CCc1c(O)c(C(=O)CC(C)C)c2oc(=O)cc3c2c1OC(C)C3. The molecule has 0 amide bonds. The summed E-state index contributed by atoms with van der Waals surface area (Å²) in [6.07, 6.45) is 7.26. The summed E-state index contributed by atoms with van der Waals surface area (Å²) < 4.78 is 11.6. The summed E-state index contributed by atoms with van der Waals surface area (Å²) in [4.78, 5) is 25.4. The molecule has 1 aromatic carbocycles. The van der Waals surface area contributed by atoms with Crippen molar-refractivity contribution in [1.82, 2.24) is 0 Å². The smallest absolute Gasteiger partial charge is 0.336 e. The van der Waals surface area contributed by atoms with Gasteiger partial charge in [-0.3, -0.25) is 4.79 Å². The van der Waals surface area contributed by atoms with Crippen LogP contribution in [0.4, 0.5) is 0 Å². The number of benzene rings is 1. The van der Waals surface area contributed by atoms with Crippen molar-refractivity contribution >= 4 is 16.8 Å². The third kappa shape index (κ3) is 5.14. The third-order valence-electron chi connectivity index (χ3n) is 5.74. The van der Waals surface area contributed by atoms with Gasteiger partial charge in [-0.15, -0.1) is 0 Å². The highest BCUT2D eigenvalue weighted by Crippen LogP contribution is 2.45. The maximum absolute atomic E-state index is 13.1. The Labute approximate surface area is 189 Å². The molecule has 3 rings (SSSR count). The first-order valence-electron chi connectivity index (χ1n) is 11.4. The minimum absolute atomic E-state index is 0.0974. The van der Waals surface area contributed by atoms with Gasteiger partial charge in [0.2, 0.25) is 0 Å². The molecule has 1 aliphatic rings. The van der Waals surface area contributed by atoms with Crippen LogP contribution in [0.1, 0.15) is 82.3 Å². The topological polar surface area (TPSA) is 76.7 Å². The molecule has 0 saturated heterocycles. The number of allylic oxidation sites excluding steroid dienone is 4. The molecule has 5 nitrogen and oxygen atoms in total. The van der Waals surface area contributed by atoms with Crippen molar-refractivity contribution in [2.45, 2.75) is 79.8 Å². The van der Waals surface area contributed by atoms with Crippen molar-refractivity contribution in [3.63, 3.8) is 0 Å². The van der Waals surface area contributed by atoms with E-state index >= 15 is 0 Å². The van der Waals surface area contributed by atoms with Crippen LogP contribution in [0, 0.1) is 5.92 Å². The zero-order valence-corrected chi connectivity index (χ0v) is 20.0.